The molecule has 0 bridgehead atoms. The molecule has 0 radical (unpaired) electrons. The number of hydrogen-bond donors (Lipinski definition) is 2. The Kier molecular flexibility index (Phi) is 8.16. The molecular weight excluding hydrogens is 324 g/mol. The maximum Gasteiger partial charge on any atom is 0.251 e. The van der Waals surface area contributed by atoms with Gasteiger partial charge in [0.1, 0.15) is 5.75 Å². The highest BCUT2D eigenvalue weighted by Gasteiger charge is 2.04. The zero-order valence-electron chi connectivity index (χ0n) is 16.0. The van der Waals surface area contributed by atoms with Crippen molar-refractivity contribution in [2.75, 3.05) is 6.54 Å². The van der Waals surface area contributed by atoms with Crippen molar-refractivity contribution in [2.24, 2.45) is 0 Å². The predicted molar refractivity (Wildman–Crippen MR) is 106 cm³/mol. The molecule has 0 aromatic heterocycles. The van der Waals surface area contributed by atoms with Crippen molar-refractivity contribution in [3.8, 4) is 5.75 Å². The van der Waals surface area contributed by atoms with E-state index in [9.17, 15) is 4.79 Å². The molecule has 0 fully saturated rings. The Labute approximate surface area is 157 Å². The molecule has 0 aliphatic carbocycles. The van der Waals surface area contributed by atoms with Gasteiger partial charge in [-0.2, -0.15) is 0 Å². The Morgan fingerprint density at radius 2 is 1.77 bits per heavy atom. The summed E-state index contributed by atoms with van der Waals surface area (Å²) in [7, 11) is 0. The van der Waals surface area contributed by atoms with Crippen molar-refractivity contribution < 1.29 is 9.53 Å². The fourth-order valence-corrected chi connectivity index (χ4v) is 2.61. The molecule has 26 heavy (non-hydrogen) atoms. The van der Waals surface area contributed by atoms with Crippen LogP contribution in [0.3, 0.4) is 0 Å². The first-order valence-corrected chi connectivity index (χ1v) is 9.42. The summed E-state index contributed by atoms with van der Waals surface area (Å²) in [5.74, 6) is 0.901. The van der Waals surface area contributed by atoms with Crippen LogP contribution in [-0.2, 0) is 13.1 Å². The van der Waals surface area contributed by atoms with Crippen LogP contribution < -0.4 is 15.4 Å². The minimum atomic E-state index is -0.0000679. The van der Waals surface area contributed by atoms with E-state index in [1.54, 1.807) is 0 Å². The number of rotatable bonds is 10. The first-order chi connectivity index (χ1) is 12.6. The Balaban J connectivity index is 1.80. The predicted octanol–water partition coefficient (Wildman–Crippen LogP) is 4.29. The van der Waals surface area contributed by atoms with Crippen molar-refractivity contribution in [1.29, 1.82) is 0 Å². The molecule has 2 aromatic rings. The summed E-state index contributed by atoms with van der Waals surface area (Å²) in [5.41, 5.74) is 3.06. The second-order valence-electron chi connectivity index (χ2n) is 6.72. The Morgan fingerprint density at radius 1 is 1.04 bits per heavy atom. The maximum absolute atomic E-state index is 12.0. The van der Waals surface area contributed by atoms with Crippen LogP contribution in [0.1, 0.15) is 55.1 Å². The summed E-state index contributed by atoms with van der Waals surface area (Å²) in [5, 5.41) is 6.37. The van der Waals surface area contributed by atoms with Gasteiger partial charge in [0.05, 0.1) is 6.10 Å². The highest BCUT2D eigenvalue weighted by atomic mass is 16.5. The third kappa shape index (κ3) is 6.89. The number of carbonyl (C=O) groups excluding carboxylic acids is 1. The van der Waals surface area contributed by atoms with Gasteiger partial charge in [0.2, 0.25) is 0 Å². The van der Waals surface area contributed by atoms with Gasteiger partial charge in [0.15, 0.2) is 0 Å². The molecule has 0 aliphatic rings. The van der Waals surface area contributed by atoms with Crippen molar-refractivity contribution in [3.05, 3.63) is 65.2 Å². The van der Waals surface area contributed by atoms with E-state index in [-0.39, 0.29) is 12.0 Å². The minimum Gasteiger partial charge on any atom is -0.491 e. The zero-order valence-corrected chi connectivity index (χ0v) is 16.0. The average molecular weight is 354 g/mol. The molecule has 0 unspecified atom stereocenters. The number of hydrogen-bond acceptors (Lipinski definition) is 3. The Hall–Kier alpha value is -2.33. The number of amides is 1. The van der Waals surface area contributed by atoms with Crippen molar-refractivity contribution in [3.63, 3.8) is 0 Å². The van der Waals surface area contributed by atoms with Crippen LogP contribution >= 0.6 is 0 Å². The lowest BCUT2D eigenvalue weighted by Crippen LogP contribution is -2.24. The average Bonchev–Trinajstić information content (AvgIpc) is 2.62. The lowest BCUT2D eigenvalue weighted by atomic mass is 10.1. The van der Waals surface area contributed by atoms with E-state index in [2.05, 4.69) is 29.7 Å². The molecule has 0 spiro atoms. The second kappa shape index (κ2) is 10.6. The van der Waals surface area contributed by atoms with E-state index >= 15 is 0 Å². The van der Waals surface area contributed by atoms with Crippen LogP contribution in [0.25, 0.3) is 0 Å². The molecule has 0 saturated heterocycles. The lowest BCUT2D eigenvalue weighted by Gasteiger charge is -2.11. The first kappa shape index (κ1) is 20.0. The maximum atomic E-state index is 12.0. The standard InChI is InChI=1S/C22H30N2O2/c1-4-5-13-24-22(25)20-11-9-18(10-12-20)15-23-16-19-7-6-8-21(14-19)26-17(2)3/h6-12,14,17,23H,4-5,13,15-16H2,1-3H3,(H,24,25). The van der Waals surface area contributed by atoms with Crippen LogP contribution in [0.2, 0.25) is 0 Å². The van der Waals surface area contributed by atoms with Crippen molar-refractivity contribution in [2.45, 2.75) is 52.8 Å². The van der Waals surface area contributed by atoms with Gasteiger partial charge in [0, 0.05) is 25.2 Å². The van der Waals surface area contributed by atoms with E-state index in [4.69, 9.17) is 4.74 Å². The lowest BCUT2D eigenvalue weighted by molar-refractivity contribution is 0.0953. The zero-order chi connectivity index (χ0) is 18.8. The monoisotopic (exact) mass is 354 g/mol. The van der Waals surface area contributed by atoms with Crippen LogP contribution in [0.15, 0.2) is 48.5 Å². The highest BCUT2D eigenvalue weighted by molar-refractivity contribution is 5.94. The summed E-state index contributed by atoms with van der Waals surface area (Å²) in [6.07, 6.45) is 2.27. The number of unbranched alkanes of at least 4 members (excludes halogenated alkanes) is 1. The topological polar surface area (TPSA) is 50.4 Å². The molecule has 2 aromatic carbocycles. The summed E-state index contributed by atoms with van der Waals surface area (Å²) >= 11 is 0. The molecular formula is C22H30N2O2. The summed E-state index contributed by atoms with van der Waals surface area (Å²) in [6, 6.07) is 15.9. The normalized spacial score (nSPS) is 10.8. The highest BCUT2D eigenvalue weighted by Crippen LogP contribution is 2.15. The summed E-state index contributed by atoms with van der Waals surface area (Å²) in [6.45, 7) is 8.43. The van der Waals surface area contributed by atoms with Crippen LogP contribution in [0, 0.1) is 0 Å². The Bertz CT molecular complexity index is 681. The molecule has 2 rings (SSSR count). The SMILES string of the molecule is CCCCNC(=O)c1ccc(CNCc2cccc(OC(C)C)c2)cc1. The van der Waals surface area contributed by atoms with Gasteiger partial charge in [0.25, 0.3) is 5.91 Å². The van der Waals surface area contributed by atoms with Gasteiger partial charge in [-0.25, -0.2) is 0 Å². The largest absolute Gasteiger partial charge is 0.491 e. The molecule has 4 nitrogen and oxygen atoms in total. The third-order valence-corrected chi connectivity index (χ3v) is 3.96. The van der Waals surface area contributed by atoms with Crippen LogP contribution in [0.5, 0.6) is 5.75 Å². The van der Waals surface area contributed by atoms with Gasteiger partial charge < -0.3 is 15.4 Å². The van der Waals surface area contributed by atoms with Crippen molar-refractivity contribution >= 4 is 5.91 Å². The van der Waals surface area contributed by atoms with Gasteiger partial charge >= 0.3 is 0 Å². The fraction of sp³-hybridized carbons (Fsp3) is 0.409. The smallest absolute Gasteiger partial charge is 0.251 e. The molecule has 1 amide bonds. The molecule has 0 atom stereocenters. The molecule has 4 heteroatoms. The minimum absolute atomic E-state index is 0.0000679. The van der Waals surface area contributed by atoms with E-state index in [1.165, 1.54) is 5.56 Å². The number of benzene rings is 2. The summed E-state index contributed by atoms with van der Waals surface area (Å²) < 4.78 is 5.72. The number of nitrogens with one attached hydrogen (secondary N) is 2. The summed E-state index contributed by atoms with van der Waals surface area (Å²) in [4.78, 5) is 12.0. The fourth-order valence-electron chi connectivity index (χ4n) is 2.61. The third-order valence-electron chi connectivity index (χ3n) is 3.96. The van der Waals surface area contributed by atoms with E-state index in [0.717, 1.165) is 43.8 Å². The quantitative estimate of drug-likeness (QED) is 0.626. The Morgan fingerprint density at radius 3 is 2.46 bits per heavy atom. The molecule has 140 valence electrons. The van der Waals surface area contributed by atoms with Crippen LogP contribution in [-0.4, -0.2) is 18.6 Å². The molecule has 2 N–H and O–H groups in total. The van der Waals surface area contributed by atoms with Crippen LogP contribution in [0.4, 0.5) is 0 Å². The van der Waals surface area contributed by atoms with Gasteiger partial charge in [-0.3, -0.25) is 4.79 Å². The van der Waals surface area contributed by atoms with E-state index in [1.807, 2.05) is 50.2 Å². The van der Waals surface area contributed by atoms with Gasteiger partial charge in [-0.1, -0.05) is 37.6 Å². The molecule has 0 saturated carbocycles. The number of carbonyl (C=O) groups is 1. The van der Waals surface area contributed by atoms with E-state index < -0.39 is 0 Å². The van der Waals surface area contributed by atoms with Crippen molar-refractivity contribution in [1.82, 2.24) is 10.6 Å². The van der Waals surface area contributed by atoms with Gasteiger partial charge in [-0.15, -0.1) is 0 Å². The van der Waals surface area contributed by atoms with E-state index in [0.29, 0.717) is 5.56 Å². The first-order valence-electron chi connectivity index (χ1n) is 9.42. The molecule has 0 aliphatic heterocycles. The van der Waals surface area contributed by atoms with Gasteiger partial charge in [-0.05, 0) is 55.7 Å². The second-order valence-corrected chi connectivity index (χ2v) is 6.72. The number of ether oxygens (including phenoxy) is 1. The molecule has 0 heterocycles.